The number of carboxylic acid groups (broad SMARTS) is 2. The zero-order valence-corrected chi connectivity index (χ0v) is 10.4. The molecule has 6 nitrogen and oxygen atoms in total. The summed E-state index contributed by atoms with van der Waals surface area (Å²) in [6.45, 7) is 3.89. The van der Waals surface area contributed by atoms with Crippen molar-refractivity contribution in [2.75, 3.05) is 5.75 Å². The predicted molar refractivity (Wildman–Crippen MR) is 64.5 cm³/mol. The third-order valence-electron chi connectivity index (χ3n) is 1.56. The molecular formula is C9H20N2O4S. The van der Waals surface area contributed by atoms with Crippen LogP contribution in [0.5, 0.6) is 0 Å². The van der Waals surface area contributed by atoms with Crippen LogP contribution < -0.4 is 11.5 Å². The average Bonchev–Trinajstić information content (AvgIpc) is 2.16. The van der Waals surface area contributed by atoms with E-state index in [0.717, 1.165) is 0 Å². The Kier molecular flexibility index (Phi) is 10.4. The maximum Gasteiger partial charge on any atom is 0.321 e. The van der Waals surface area contributed by atoms with Crippen LogP contribution in [-0.4, -0.2) is 40.0 Å². The van der Waals surface area contributed by atoms with Crippen LogP contribution in [0.15, 0.2) is 0 Å². The summed E-state index contributed by atoms with van der Waals surface area (Å²) in [6, 6.07) is -1.51. The molecule has 0 saturated carbocycles. The zero-order valence-electron chi connectivity index (χ0n) is 9.46. The van der Waals surface area contributed by atoms with Crippen LogP contribution in [0.25, 0.3) is 0 Å². The highest BCUT2D eigenvalue weighted by molar-refractivity contribution is 7.80. The molecule has 0 fully saturated rings. The number of thiol groups is 1. The largest absolute Gasteiger partial charge is 0.480 e. The van der Waals surface area contributed by atoms with Gasteiger partial charge in [0.25, 0.3) is 0 Å². The first-order valence-electron chi connectivity index (χ1n) is 4.80. The molecule has 0 bridgehead atoms. The number of rotatable bonds is 5. The van der Waals surface area contributed by atoms with Crippen molar-refractivity contribution in [1.82, 2.24) is 0 Å². The Hall–Kier alpha value is -0.790. The van der Waals surface area contributed by atoms with Crippen LogP contribution in [-0.2, 0) is 9.59 Å². The van der Waals surface area contributed by atoms with Crippen LogP contribution in [0, 0.1) is 5.92 Å². The normalized spacial score (nSPS) is 13.6. The van der Waals surface area contributed by atoms with E-state index in [-0.39, 0.29) is 5.75 Å². The van der Waals surface area contributed by atoms with Crippen molar-refractivity contribution in [2.24, 2.45) is 17.4 Å². The van der Waals surface area contributed by atoms with E-state index in [4.69, 9.17) is 21.7 Å². The fourth-order valence-corrected chi connectivity index (χ4v) is 0.843. The van der Waals surface area contributed by atoms with E-state index in [1.807, 2.05) is 13.8 Å². The maximum absolute atomic E-state index is 10.1. The first kappa shape index (κ1) is 17.6. The second-order valence-electron chi connectivity index (χ2n) is 3.70. The molecule has 0 aromatic rings. The van der Waals surface area contributed by atoms with Gasteiger partial charge in [-0.2, -0.15) is 12.6 Å². The third-order valence-corrected chi connectivity index (χ3v) is 1.95. The van der Waals surface area contributed by atoms with E-state index >= 15 is 0 Å². The summed E-state index contributed by atoms with van der Waals surface area (Å²) in [5.74, 6) is -1.37. The van der Waals surface area contributed by atoms with Crippen LogP contribution in [0.3, 0.4) is 0 Å². The van der Waals surface area contributed by atoms with Gasteiger partial charge in [-0.05, 0) is 12.3 Å². The summed E-state index contributed by atoms with van der Waals surface area (Å²) in [7, 11) is 0. The van der Waals surface area contributed by atoms with Crippen molar-refractivity contribution in [3.63, 3.8) is 0 Å². The second-order valence-corrected chi connectivity index (χ2v) is 4.07. The fourth-order valence-electron chi connectivity index (χ4n) is 0.687. The number of aliphatic carboxylic acids is 2. The standard InChI is InChI=1S/C6H13NO2.C3H7NO2S/c1-4(2)3-5(7)6(8)9;4-2(1-7)3(5)6/h4-5H,3,7H2,1-2H3,(H,8,9);2,7H,1,4H2,(H,5,6). The highest BCUT2D eigenvalue weighted by atomic mass is 32.1. The van der Waals surface area contributed by atoms with Gasteiger partial charge >= 0.3 is 11.9 Å². The monoisotopic (exact) mass is 252 g/mol. The predicted octanol–water partition coefficient (Wildman–Crippen LogP) is -0.227. The number of nitrogens with two attached hydrogens (primary N) is 2. The molecule has 0 saturated heterocycles. The lowest BCUT2D eigenvalue weighted by molar-refractivity contribution is -0.139. The lowest BCUT2D eigenvalue weighted by Gasteiger charge is -2.07. The van der Waals surface area contributed by atoms with Gasteiger partial charge in [0, 0.05) is 5.75 Å². The van der Waals surface area contributed by atoms with Crippen LogP contribution in [0.2, 0.25) is 0 Å². The average molecular weight is 252 g/mol. The Morgan fingerprint density at radius 2 is 1.50 bits per heavy atom. The van der Waals surface area contributed by atoms with E-state index in [1.54, 1.807) is 0 Å². The maximum atomic E-state index is 10.1. The minimum atomic E-state index is -1.00. The molecule has 6 N–H and O–H groups in total. The molecule has 0 aliphatic rings. The molecule has 0 aliphatic heterocycles. The molecule has 0 radical (unpaired) electrons. The Morgan fingerprint density at radius 3 is 1.56 bits per heavy atom. The molecule has 2 atom stereocenters. The quantitative estimate of drug-likeness (QED) is 0.430. The Bertz CT molecular complexity index is 224. The summed E-state index contributed by atoms with van der Waals surface area (Å²) >= 11 is 3.65. The van der Waals surface area contributed by atoms with E-state index in [1.165, 1.54) is 0 Å². The molecule has 2 unspecified atom stereocenters. The molecule has 96 valence electrons. The first-order valence-corrected chi connectivity index (χ1v) is 5.43. The molecule has 16 heavy (non-hydrogen) atoms. The van der Waals surface area contributed by atoms with Crippen molar-refractivity contribution < 1.29 is 19.8 Å². The van der Waals surface area contributed by atoms with Gasteiger partial charge in [0.1, 0.15) is 12.1 Å². The first-order chi connectivity index (χ1) is 7.22. The van der Waals surface area contributed by atoms with Crippen molar-refractivity contribution >= 4 is 24.6 Å². The van der Waals surface area contributed by atoms with E-state index in [9.17, 15) is 9.59 Å². The minimum Gasteiger partial charge on any atom is -0.480 e. The van der Waals surface area contributed by atoms with Gasteiger partial charge in [-0.15, -0.1) is 0 Å². The summed E-state index contributed by atoms with van der Waals surface area (Å²) in [5, 5.41) is 16.3. The van der Waals surface area contributed by atoms with Gasteiger partial charge in [0.05, 0.1) is 0 Å². The lowest BCUT2D eigenvalue weighted by atomic mass is 10.1. The third kappa shape index (κ3) is 11.3. The summed E-state index contributed by atoms with van der Waals surface area (Å²) < 4.78 is 0. The van der Waals surface area contributed by atoms with Crippen LogP contribution in [0.4, 0.5) is 0 Å². The second kappa shape index (κ2) is 9.44. The minimum absolute atomic E-state index is 0.190. The number of carboxylic acids is 2. The van der Waals surface area contributed by atoms with E-state index < -0.39 is 24.0 Å². The zero-order chi connectivity index (χ0) is 13.3. The highest BCUT2D eigenvalue weighted by Gasteiger charge is 2.11. The summed E-state index contributed by atoms with van der Waals surface area (Å²) in [5.41, 5.74) is 10.2. The molecule has 0 amide bonds. The molecule has 0 aliphatic carbocycles. The van der Waals surface area contributed by atoms with Crippen molar-refractivity contribution in [3.05, 3.63) is 0 Å². The van der Waals surface area contributed by atoms with Crippen molar-refractivity contribution in [3.8, 4) is 0 Å². The van der Waals surface area contributed by atoms with Crippen LogP contribution >= 0.6 is 12.6 Å². The Labute approximate surface area is 100 Å². The molecule has 0 spiro atoms. The van der Waals surface area contributed by atoms with Crippen molar-refractivity contribution in [1.29, 1.82) is 0 Å². The fraction of sp³-hybridized carbons (Fsp3) is 0.778. The van der Waals surface area contributed by atoms with Gasteiger partial charge in [-0.1, -0.05) is 13.8 Å². The molecule has 7 heteroatoms. The molecule has 0 aromatic carbocycles. The highest BCUT2D eigenvalue weighted by Crippen LogP contribution is 2.01. The smallest absolute Gasteiger partial charge is 0.321 e. The summed E-state index contributed by atoms with van der Waals surface area (Å²) in [4.78, 5) is 19.9. The van der Waals surface area contributed by atoms with Crippen molar-refractivity contribution in [2.45, 2.75) is 32.4 Å². The Morgan fingerprint density at radius 1 is 1.12 bits per heavy atom. The number of hydrogen-bond donors (Lipinski definition) is 5. The Balaban J connectivity index is 0. The SMILES string of the molecule is CC(C)CC(N)C(=O)O.NC(CS)C(=O)O. The van der Waals surface area contributed by atoms with Crippen LogP contribution in [0.1, 0.15) is 20.3 Å². The van der Waals surface area contributed by atoms with Gasteiger partial charge < -0.3 is 21.7 Å². The van der Waals surface area contributed by atoms with Gasteiger partial charge in [0.15, 0.2) is 0 Å². The number of hydrogen-bond acceptors (Lipinski definition) is 5. The molecule has 0 heterocycles. The topological polar surface area (TPSA) is 127 Å². The van der Waals surface area contributed by atoms with Gasteiger partial charge in [-0.3, -0.25) is 9.59 Å². The van der Waals surface area contributed by atoms with E-state index in [0.29, 0.717) is 12.3 Å². The van der Waals surface area contributed by atoms with Gasteiger partial charge in [0.2, 0.25) is 0 Å². The van der Waals surface area contributed by atoms with Gasteiger partial charge in [-0.25, -0.2) is 0 Å². The molecular weight excluding hydrogens is 232 g/mol. The van der Waals surface area contributed by atoms with E-state index in [2.05, 4.69) is 12.6 Å². The molecule has 0 rings (SSSR count). The number of carbonyl (C=O) groups is 2. The summed E-state index contributed by atoms with van der Waals surface area (Å²) in [6.07, 6.45) is 0.551. The lowest BCUT2D eigenvalue weighted by Crippen LogP contribution is -2.31. The molecule has 0 aromatic heterocycles.